The van der Waals surface area contributed by atoms with Crippen molar-refractivity contribution >= 4 is 5.97 Å². The summed E-state index contributed by atoms with van der Waals surface area (Å²) in [5, 5.41) is 22.3. The number of hydrogen-bond acceptors (Lipinski definition) is 4. The minimum absolute atomic E-state index is 0.476. The van der Waals surface area contributed by atoms with Crippen LogP contribution in [0, 0.1) is 0 Å². The molecule has 118 valence electrons. The van der Waals surface area contributed by atoms with Crippen LogP contribution >= 0.6 is 0 Å². The van der Waals surface area contributed by atoms with Crippen molar-refractivity contribution in [2.24, 2.45) is 0 Å². The molecule has 0 spiro atoms. The van der Waals surface area contributed by atoms with Crippen LogP contribution in [0.4, 0.5) is 0 Å². The Hall–Kier alpha value is -1.43. The Morgan fingerprint density at radius 3 is 2.52 bits per heavy atom. The second-order valence-corrected chi connectivity index (χ2v) is 5.64. The van der Waals surface area contributed by atoms with Crippen molar-refractivity contribution in [3.05, 3.63) is 35.4 Å². The van der Waals surface area contributed by atoms with Crippen LogP contribution in [-0.2, 0) is 16.1 Å². The maximum absolute atomic E-state index is 10.9. The Kier molecular flexibility index (Phi) is 6.81. The molecule has 3 N–H and O–H groups in total. The monoisotopic (exact) mass is 295 g/mol. The van der Waals surface area contributed by atoms with E-state index in [9.17, 15) is 9.90 Å². The van der Waals surface area contributed by atoms with Gasteiger partial charge in [0.15, 0.2) is 0 Å². The number of aliphatic carboxylic acids is 1. The second kappa shape index (κ2) is 8.12. The molecule has 0 saturated heterocycles. The van der Waals surface area contributed by atoms with Gasteiger partial charge in [0.2, 0.25) is 0 Å². The van der Waals surface area contributed by atoms with Crippen LogP contribution in [0.2, 0.25) is 0 Å². The van der Waals surface area contributed by atoms with Gasteiger partial charge in [0, 0.05) is 33.2 Å². The Bertz CT molecular complexity index is 442. The predicted molar refractivity (Wildman–Crippen MR) is 81.3 cm³/mol. The molecule has 2 unspecified atom stereocenters. The molecule has 0 aliphatic carbocycles. The molecule has 1 aromatic rings. The summed E-state index contributed by atoms with van der Waals surface area (Å²) in [5.41, 5.74) is 1.05. The molecule has 0 fully saturated rings. The first-order valence-corrected chi connectivity index (χ1v) is 7.09. The summed E-state index contributed by atoms with van der Waals surface area (Å²) >= 11 is 0. The zero-order valence-corrected chi connectivity index (χ0v) is 12.9. The lowest BCUT2D eigenvalue weighted by atomic mass is 10.00. The van der Waals surface area contributed by atoms with Crippen molar-refractivity contribution in [1.29, 1.82) is 0 Å². The van der Waals surface area contributed by atoms with Gasteiger partial charge in [-0.1, -0.05) is 24.3 Å². The summed E-state index contributed by atoms with van der Waals surface area (Å²) in [7, 11) is 1.61. The van der Waals surface area contributed by atoms with E-state index in [1.807, 2.05) is 24.3 Å². The summed E-state index contributed by atoms with van der Waals surface area (Å²) < 4.78 is 4.96. The molecule has 2 atom stereocenters. The van der Waals surface area contributed by atoms with E-state index in [-0.39, 0.29) is 0 Å². The highest BCUT2D eigenvalue weighted by Gasteiger charge is 2.19. The molecule has 0 saturated carbocycles. The topological polar surface area (TPSA) is 78.8 Å². The fourth-order valence-corrected chi connectivity index (χ4v) is 1.95. The molecule has 1 aromatic carbocycles. The molecule has 0 heterocycles. The van der Waals surface area contributed by atoms with E-state index in [2.05, 4.69) is 5.32 Å². The van der Waals surface area contributed by atoms with E-state index in [4.69, 9.17) is 9.84 Å². The molecule has 0 bridgehead atoms. The van der Waals surface area contributed by atoms with Crippen LogP contribution in [0.25, 0.3) is 0 Å². The normalized spacial score (nSPS) is 15.4. The van der Waals surface area contributed by atoms with Gasteiger partial charge in [-0.25, -0.2) is 0 Å². The predicted octanol–water partition coefficient (Wildman–Crippen LogP) is 1.75. The highest BCUT2D eigenvalue weighted by Crippen LogP contribution is 2.16. The van der Waals surface area contributed by atoms with E-state index in [0.29, 0.717) is 26.1 Å². The van der Waals surface area contributed by atoms with Crippen LogP contribution in [-0.4, -0.2) is 42.0 Å². The largest absolute Gasteiger partial charge is 0.481 e. The van der Waals surface area contributed by atoms with E-state index in [1.54, 1.807) is 21.0 Å². The number of carbonyl (C=O) groups is 1. The lowest BCUT2D eigenvalue weighted by Gasteiger charge is -2.23. The van der Waals surface area contributed by atoms with Crippen LogP contribution in [0.15, 0.2) is 24.3 Å². The van der Waals surface area contributed by atoms with Gasteiger partial charge < -0.3 is 20.3 Å². The van der Waals surface area contributed by atoms with Crippen molar-refractivity contribution in [1.82, 2.24) is 5.32 Å². The smallest absolute Gasteiger partial charge is 0.310 e. The molecule has 21 heavy (non-hydrogen) atoms. The van der Waals surface area contributed by atoms with Gasteiger partial charge in [0.25, 0.3) is 0 Å². The van der Waals surface area contributed by atoms with Crippen molar-refractivity contribution in [2.45, 2.75) is 38.3 Å². The van der Waals surface area contributed by atoms with Crippen molar-refractivity contribution in [2.75, 3.05) is 20.3 Å². The first kappa shape index (κ1) is 17.6. The van der Waals surface area contributed by atoms with E-state index in [0.717, 1.165) is 11.1 Å². The van der Waals surface area contributed by atoms with Gasteiger partial charge >= 0.3 is 5.97 Å². The number of nitrogens with one attached hydrogen (secondary N) is 1. The van der Waals surface area contributed by atoms with Gasteiger partial charge in [0.05, 0.1) is 11.5 Å². The van der Waals surface area contributed by atoms with Gasteiger partial charge in [-0.15, -0.1) is 0 Å². The summed E-state index contributed by atoms with van der Waals surface area (Å²) in [5.74, 6) is -1.32. The summed E-state index contributed by atoms with van der Waals surface area (Å²) in [4.78, 5) is 10.9. The first-order chi connectivity index (χ1) is 9.85. The zero-order chi connectivity index (χ0) is 15.9. The number of methoxy groups -OCH3 is 1. The summed E-state index contributed by atoms with van der Waals surface area (Å²) in [6.45, 7) is 5.07. The molecule has 5 heteroatoms. The van der Waals surface area contributed by atoms with Gasteiger partial charge in [0.1, 0.15) is 0 Å². The number of benzene rings is 1. The van der Waals surface area contributed by atoms with Crippen LogP contribution < -0.4 is 5.32 Å². The number of carboxylic acid groups (broad SMARTS) is 1. The zero-order valence-electron chi connectivity index (χ0n) is 12.9. The first-order valence-electron chi connectivity index (χ1n) is 7.09. The van der Waals surface area contributed by atoms with E-state index < -0.39 is 17.5 Å². The minimum atomic E-state index is -0.824. The average molecular weight is 295 g/mol. The highest BCUT2D eigenvalue weighted by molar-refractivity contribution is 5.75. The molecule has 0 radical (unpaired) electrons. The van der Waals surface area contributed by atoms with Gasteiger partial charge in [-0.3, -0.25) is 4.79 Å². The maximum Gasteiger partial charge on any atom is 0.310 e. The third kappa shape index (κ3) is 6.25. The summed E-state index contributed by atoms with van der Waals surface area (Å²) in [6, 6.07) is 7.48. The number of aliphatic hydroxyl groups is 1. The average Bonchev–Trinajstić information content (AvgIpc) is 2.45. The fraction of sp³-hybridized carbons (Fsp3) is 0.562. The van der Waals surface area contributed by atoms with Gasteiger partial charge in [-0.2, -0.15) is 0 Å². The third-order valence-corrected chi connectivity index (χ3v) is 3.53. The molecule has 5 nitrogen and oxygen atoms in total. The Morgan fingerprint density at radius 1 is 1.38 bits per heavy atom. The highest BCUT2D eigenvalue weighted by atomic mass is 16.5. The Labute approximate surface area is 125 Å². The number of hydrogen-bond donors (Lipinski definition) is 3. The van der Waals surface area contributed by atoms with Crippen molar-refractivity contribution in [3.63, 3.8) is 0 Å². The lowest BCUT2D eigenvalue weighted by Crippen LogP contribution is -2.38. The third-order valence-electron chi connectivity index (χ3n) is 3.53. The quantitative estimate of drug-likeness (QED) is 0.647. The fourth-order valence-electron chi connectivity index (χ4n) is 1.95. The van der Waals surface area contributed by atoms with E-state index >= 15 is 0 Å². The van der Waals surface area contributed by atoms with E-state index in [1.165, 1.54) is 0 Å². The number of carboxylic acids is 1. The lowest BCUT2D eigenvalue weighted by molar-refractivity contribution is -0.138. The standard InChI is InChI=1S/C16H25NO4/c1-12(15(18)19)14-6-4-13(5-7-14)10-17-11-16(2,20)8-9-21-3/h4-7,12,17,20H,8-11H2,1-3H3,(H,18,19). The van der Waals surface area contributed by atoms with Crippen LogP contribution in [0.1, 0.15) is 37.3 Å². The Morgan fingerprint density at radius 2 is 2.00 bits per heavy atom. The molecular weight excluding hydrogens is 270 g/mol. The van der Waals surface area contributed by atoms with Crippen LogP contribution in [0.5, 0.6) is 0 Å². The molecule has 0 aromatic heterocycles. The van der Waals surface area contributed by atoms with Crippen molar-refractivity contribution in [3.8, 4) is 0 Å². The second-order valence-electron chi connectivity index (χ2n) is 5.64. The molecule has 0 aliphatic rings. The molecular formula is C16H25NO4. The van der Waals surface area contributed by atoms with Gasteiger partial charge in [-0.05, 0) is 25.0 Å². The number of rotatable bonds is 9. The maximum atomic E-state index is 10.9. The van der Waals surface area contributed by atoms with Crippen molar-refractivity contribution < 1.29 is 19.7 Å². The molecule has 0 amide bonds. The summed E-state index contributed by atoms with van der Waals surface area (Å²) in [6.07, 6.45) is 0.575. The van der Waals surface area contributed by atoms with Crippen LogP contribution in [0.3, 0.4) is 0 Å². The minimum Gasteiger partial charge on any atom is -0.481 e. The SMILES string of the molecule is COCCC(C)(O)CNCc1ccc(C(C)C(=O)O)cc1. The molecule has 1 rings (SSSR count). The Balaban J connectivity index is 2.44. The number of ether oxygens (including phenoxy) is 1. The molecule has 0 aliphatic heterocycles.